The fraction of sp³-hybridized carbons (Fsp3) is 0.610. The first-order valence-corrected chi connectivity index (χ1v) is 17.7. The van der Waals surface area contributed by atoms with Crippen LogP contribution in [0.1, 0.15) is 110 Å². The molecule has 240 valence electrons. The Morgan fingerprint density at radius 3 is 2.07 bits per heavy atom. The van der Waals surface area contributed by atoms with Crippen LogP contribution in [-0.4, -0.2) is 17.8 Å². The highest BCUT2D eigenvalue weighted by molar-refractivity contribution is 5.95. The van der Waals surface area contributed by atoms with Crippen molar-refractivity contribution in [2.75, 3.05) is 0 Å². The fourth-order valence-electron chi connectivity index (χ4n) is 11.6. The van der Waals surface area contributed by atoms with Crippen molar-refractivity contribution >= 4 is 11.8 Å². The van der Waals surface area contributed by atoms with E-state index in [4.69, 9.17) is 10.5 Å². The lowest BCUT2D eigenvalue weighted by Gasteiger charge is -2.65. The molecule has 0 saturated heterocycles. The minimum Gasteiger partial charge on any atom is -0.452 e. The van der Waals surface area contributed by atoms with Crippen molar-refractivity contribution in [1.82, 2.24) is 0 Å². The Morgan fingerprint density at radius 2 is 1.42 bits per heavy atom. The van der Waals surface area contributed by atoms with E-state index in [2.05, 4.69) is 40.7 Å². The molecule has 0 aliphatic heterocycles. The maximum absolute atomic E-state index is 14.5. The molecule has 0 aromatic heterocycles. The highest BCUT2D eigenvalue weighted by Crippen LogP contribution is 2.70. The summed E-state index contributed by atoms with van der Waals surface area (Å²) in [5.74, 6) is 1.91. The molecule has 2 aromatic carbocycles. The molecule has 2 N–H and O–H groups in total. The Labute approximate surface area is 270 Å². The lowest BCUT2D eigenvalue weighted by molar-refractivity contribution is -0.168. The van der Waals surface area contributed by atoms with Crippen molar-refractivity contribution in [3.63, 3.8) is 0 Å². The molecule has 4 fully saturated rings. The molecule has 0 bridgehead atoms. The molecular formula is C41H53NO3. The molecule has 2 aromatic rings. The number of hydrogen-bond acceptors (Lipinski definition) is 4. The Balaban J connectivity index is 1.19. The van der Waals surface area contributed by atoms with Crippen LogP contribution in [-0.2, 0) is 14.3 Å². The van der Waals surface area contributed by atoms with Crippen LogP contribution in [0.15, 0.2) is 72.3 Å². The summed E-state index contributed by atoms with van der Waals surface area (Å²) in [5.41, 5.74) is 9.40. The van der Waals surface area contributed by atoms with Gasteiger partial charge >= 0.3 is 5.97 Å². The maximum atomic E-state index is 14.5. The Bertz CT molecular complexity index is 1450. The van der Waals surface area contributed by atoms with Crippen molar-refractivity contribution in [3.05, 3.63) is 83.4 Å². The number of carbonyl (C=O) groups excluding carboxylic acids is 2. The van der Waals surface area contributed by atoms with Gasteiger partial charge in [0.1, 0.15) is 0 Å². The minimum absolute atomic E-state index is 0.0108. The molecule has 45 heavy (non-hydrogen) atoms. The number of ketones is 1. The summed E-state index contributed by atoms with van der Waals surface area (Å²) in [6, 6.07) is 20.4. The number of esters is 1. The highest BCUT2D eigenvalue weighted by Gasteiger charge is 2.65. The molecule has 10 atom stereocenters. The van der Waals surface area contributed by atoms with Gasteiger partial charge < -0.3 is 10.5 Å². The van der Waals surface area contributed by atoms with Gasteiger partial charge in [-0.2, -0.15) is 0 Å². The van der Waals surface area contributed by atoms with E-state index in [9.17, 15) is 9.59 Å². The van der Waals surface area contributed by atoms with Crippen molar-refractivity contribution in [3.8, 4) is 0 Å². The molecule has 0 amide bonds. The number of carbonyl (C=O) groups is 2. The van der Waals surface area contributed by atoms with E-state index in [1.807, 2.05) is 60.7 Å². The van der Waals surface area contributed by atoms with Crippen LogP contribution in [0.25, 0.3) is 0 Å². The first-order valence-electron chi connectivity index (χ1n) is 17.7. The van der Waals surface area contributed by atoms with Crippen LogP contribution in [0.5, 0.6) is 0 Å². The number of nitrogens with two attached hydrogens (primary N) is 1. The topological polar surface area (TPSA) is 69.4 Å². The van der Waals surface area contributed by atoms with E-state index < -0.39 is 11.5 Å². The van der Waals surface area contributed by atoms with Gasteiger partial charge in [0.25, 0.3) is 0 Å². The smallest absolute Gasteiger partial charge is 0.312 e. The second-order valence-corrected chi connectivity index (χ2v) is 16.9. The zero-order valence-electron chi connectivity index (χ0n) is 28.1. The summed E-state index contributed by atoms with van der Waals surface area (Å²) >= 11 is 0. The van der Waals surface area contributed by atoms with Gasteiger partial charge in [0.2, 0.25) is 0 Å². The molecule has 4 heteroatoms. The Kier molecular flexibility index (Phi) is 7.51. The van der Waals surface area contributed by atoms with E-state index in [-0.39, 0.29) is 40.1 Å². The molecule has 5 aliphatic carbocycles. The number of allylic oxidation sites excluding steroid dienone is 2. The minimum atomic E-state index is -0.603. The van der Waals surface area contributed by atoms with Crippen LogP contribution in [0.4, 0.5) is 0 Å². The van der Waals surface area contributed by atoms with E-state index in [1.54, 1.807) is 0 Å². The lowest BCUT2D eigenvalue weighted by Crippen LogP contribution is -2.62. The molecule has 0 radical (unpaired) electrons. The van der Waals surface area contributed by atoms with Crippen molar-refractivity contribution in [2.24, 2.45) is 57.0 Å². The summed E-state index contributed by atoms with van der Waals surface area (Å²) < 4.78 is 6.50. The number of benzene rings is 2. The molecule has 0 heterocycles. The van der Waals surface area contributed by atoms with Crippen LogP contribution in [0, 0.1) is 51.2 Å². The summed E-state index contributed by atoms with van der Waals surface area (Å²) in [7, 11) is 0. The summed E-state index contributed by atoms with van der Waals surface area (Å²) in [6.07, 6.45) is 10.9. The van der Waals surface area contributed by atoms with Crippen LogP contribution < -0.4 is 5.73 Å². The van der Waals surface area contributed by atoms with Gasteiger partial charge in [0.15, 0.2) is 11.9 Å². The van der Waals surface area contributed by atoms with Crippen LogP contribution >= 0.6 is 0 Å². The van der Waals surface area contributed by atoms with Gasteiger partial charge in [-0.15, -0.1) is 0 Å². The summed E-state index contributed by atoms with van der Waals surface area (Å²) in [5, 5.41) is 0. The second-order valence-electron chi connectivity index (χ2n) is 16.9. The highest BCUT2D eigenvalue weighted by atomic mass is 16.5. The third-order valence-electron chi connectivity index (χ3n) is 14.4. The molecule has 4 saturated carbocycles. The maximum Gasteiger partial charge on any atom is 0.312 e. The van der Waals surface area contributed by atoms with E-state index in [1.165, 1.54) is 18.4 Å². The van der Waals surface area contributed by atoms with Gasteiger partial charge in [0.05, 0.1) is 5.41 Å². The zero-order chi connectivity index (χ0) is 31.8. The standard InChI is InChI=1S/C41H53NO3/c1-26-30-17-20-41(5)31-16-19-38(2)22-23-39(3,25-32(38)29(31)24-34(43)36(41)40(30,4)21-18-33(26)42)37(44)45-35(27-12-8-6-9-13-27)28-14-10-7-11-15-28/h6-15,24,26,30-33,35-36H,16-23,25,42H2,1-5H3/t26?,30?,31?,32?,33?,36?,38?,39-,40?,41?/m0/s1. The third kappa shape index (κ3) is 4.79. The van der Waals surface area contributed by atoms with E-state index in [0.29, 0.717) is 23.5 Å². The largest absolute Gasteiger partial charge is 0.452 e. The monoisotopic (exact) mass is 607 g/mol. The fourth-order valence-corrected chi connectivity index (χ4v) is 11.6. The predicted octanol–water partition coefficient (Wildman–Crippen LogP) is 8.85. The van der Waals surface area contributed by atoms with E-state index in [0.717, 1.165) is 56.1 Å². The first-order chi connectivity index (χ1) is 21.4. The number of hydrogen-bond donors (Lipinski definition) is 1. The lowest BCUT2D eigenvalue weighted by atomic mass is 9.38. The molecule has 4 nitrogen and oxygen atoms in total. The van der Waals surface area contributed by atoms with Gasteiger partial charge in [-0.25, -0.2) is 0 Å². The quantitative estimate of drug-likeness (QED) is 0.353. The average Bonchev–Trinajstić information content (AvgIpc) is 3.03. The average molecular weight is 608 g/mol. The Hall–Kier alpha value is -2.72. The second kappa shape index (κ2) is 10.9. The number of fused-ring (bicyclic) bond motifs is 7. The van der Waals surface area contributed by atoms with Gasteiger partial charge in [0, 0.05) is 12.0 Å². The third-order valence-corrected chi connectivity index (χ3v) is 14.4. The normalized spacial score (nSPS) is 42.5. The van der Waals surface area contributed by atoms with Crippen molar-refractivity contribution in [1.29, 1.82) is 0 Å². The van der Waals surface area contributed by atoms with Crippen molar-refractivity contribution in [2.45, 2.75) is 105 Å². The van der Waals surface area contributed by atoms with Gasteiger partial charge in [-0.3, -0.25) is 9.59 Å². The summed E-state index contributed by atoms with van der Waals surface area (Å²) in [6.45, 7) is 11.8. The van der Waals surface area contributed by atoms with Crippen molar-refractivity contribution < 1.29 is 14.3 Å². The number of rotatable bonds is 4. The molecular weight excluding hydrogens is 554 g/mol. The molecule has 0 spiro atoms. The SMILES string of the molecule is CC1C(N)CCC2(C)C1CCC1(C)C3CCC4(C)CC[C@](C)(C(=O)OC(c5ccccc5)c5ccccc5)CC4C3=CC(=O)C12. The molecule has 7 rings (SSSR count). The Morgan fingerprint density at radius 1 is 0.800 bits per heavy atom. The number of ether oxygens (including phenoxy) is 1. The van der Waals surface area contributed by atoms with E-state index >= 15 is 0 Å². The van der Waals surface area contributed by atoms with Crippen LogP contribution in [0.2, 0.25) is 0 Å². The van der Waals surface area contributed by atoms with Gasteiger partial charge in [-0.1, -0.05) is 93.9 Å². The van der Waals surface area contributed by atoms with Gasteiger partial charge in [-0.05, 0) is 122 Å². The first kappa shape index (κ1) is 30.9. The summed E-state index contributed by atoms with van der Waals surface area (Å²) in [4.78, 5) is 28.8. The zero-order valence-corrected chi connectivity index (χ0v) is 28.1. The van der Waals surface area contributed by atoms with Crippen LogP contribution in [0.3, 0.4) is 0 Å². The molecule has 5 aliphatic rings. The predicted molar refractivity (Wildman–Crippen MR) is 179 cm³/mol. The molecule has 9 unspecified atom stereocenters.